The van der Waals surface area contributed by atoms with Crippen LogP contribution in [0.4, 0.5) is 14.5 Å². The van der Waals surface area contributed by atoms with Crippen molar-refractivity contribution in [1.29, 1.82) is 0 Å². The predicted octanol–water partition coefficient (Wildman–Crippen LogP) is 5.82. The first-order chi connectivity index (χ1) is 13.9. The molecule has 3 rings (SSSR count). The molecule has 0 unspecified atom stereocenters. The fourth-order valence-electron chi connectivity index (χ4n) is 2.41. The summed E-state index contributed by atoms with van der Waals surface area (Å²) in [7, 11) is 0. The van der Waals surface area contributed by atoms with Crippen molar-refractivity contribution in [3.05, 3.63) is 82.1 Å². The fourth-order valence-corrected chi connectivity index (χ4v) is 2.87. The number of pyridine rings is 1. The summed E-state index contributed by atoms with van der Waals surface area (Å²) in [5.74, 6) is -0.810. The molecule has 0 aliphatic rings. The first-order valence-electron chi connectivity index (χ1n) is 8.30. The molecule has 0 aliphatic heterocycles. The van der Waals surface area contributed by atoms with Crippen molar-refractivity contribution in [3.63, 3.8) is 0 Å². The van der Waals surface area contributed by atoms with Crippen molar-refractivity contribution in [2.75, 3.05) is 5.32 Å². The number of alkyl halides is 2. The van der Waals surface area contributed by atoms with E-state index in [0.717, 1.165) is 11.6 Å². The number of nitrogens with zero attached hydrogens (tertiary/aromatic N) is 1. The Kier molecular flexibility index (Phi) is 6.85. The third-order valence-corrected chi connectivity index (χ3v) is 4.32. The van der Waals surface area contributed by atoms with Gasteiger partial charge in [0.25, 0.3) is 5.91 Å². The molecule has 0 radical (unpaired) electrons. The van der Waals surface area contributed by atoms with E-state index >= 15 is 0 Å². The Morgan fingerprint density at radius 3 is 2.38 bits per heavy atom. The maximum atomic E-state index is 12.8. The van der Waals surface area contributed by atoms with Crippen LogP contribution in [0.5, 0.6) is 11.5 Å². The maximum Gasteiger partial charge on any atom is 0.387 e. The standard InChI is InChI=1S/C20H14Cl2F2N2O3/c21-14-9-25-10-15(22)18(14)26-19(27)13-6-7-16(17(8-13)29-20(23)24)28-11-12-4-2-1-3-5-12/h1-10,20H,11H2,(H,25,26,27). The lowest BCUT2D eigenvalue weighted by Gasteiger charge is -2.14. The number of ether oxygens (including phenoxy) is 2. The number of nitrogens with one attached hydrogen (secondary N) is 1. The number of hydrogen-bond acceptors (Lipinski definition) is 4. The molecule has 1 aromatic heterocycles. The Bertz CT molecular complexity index is 984. The highest BCUT2D eigenvalue weighted by atomic mass is 35.5. The molecule has 0 aliphatic carbocycles. The number of rotatable bonds is 7. The average Bonchev–Trinajstić information content (AvgIpc) is 2.70. The highest BCUT2D eigenvalue weighted by Crippen LogP contribution is 2.32. The summed E-state index contributed by atoms with van der Waals surface area (Å²) in [5, 5.41) is 2.80. The van der Waals surface area contributed by atoms with Gasteiger partial charge in [-0.25, -0.2) is 0 Å². The zero-order chi connectivity index (χ0) is 20.8. The molecule has 29 heavy (non-hydrogen) atoms. The molecule has 1 N–H and O–H groups in total. The fraction of sp³-hybridized carbons (Fsp3) is 0.100. The van der Waals surface area contributed by atoms with Crippen LogP contribution >= 0.6 is 23.2 Å². The van der Waals surface area contributed by atoms with E-state index in [1.165, 1.54) is 24.5 Å². The van der Waals surface area contributed by atoms with Gasteiger partial charge in [-0.2, -0.15) is 8.78 Å². The van der Waals surface area contributed by atoms with Gasteiger partial charge in [-0.15, -0.1) is 0 Å². The lowest BCUT2D eigenvalue weighted by atomic mass is 10.1. The molecule has 150 valence electrons. The van der Waals surface area contributed by atoms with E-state index < -0.39 is 12.5 Å². The van der Waals surface area contributed by atoms with Crippen LogP contribution in [0.15, 0.2) is 60.9 Å². The van der Waals surface area contributed by atoms with Crippen molar-refractivity contribution in [3.8, 4) is 11.5 Å². The maximum absolute atomic E-state index is 12.8. The van der Waals surface area contributed by atoms with Crippen LogP contribution in [0, 0.1) is 0 Å². The van der Waals surface area contributed by atoms with Gasteiger partial charge in [-0.05, 0) is 23.8 Å². The second kappa shape index (κ2) is 9.54. The molecule has 2 aromatic carbocycles. The molecule has 0 spiro atoms. The summed E-state index contributed by atoms with van der Waals surface area (Å²) in [6.45, 7) is -2.94. The average molecular weight is 439 g/mol. The number of carbonyl (C=O) groups excluding carboxylic acids is 1. The summed E-state index contributed by atoms with van der Waals surface area (Å²) in [6, 6.07) is 13.1. The van der Waals surface area contributed by atoms with Crippen LogP contribution in [-0.4, -0.2) is 17.5 Å². The SMILES string of the molecule is O=C(Nc1c(Cl)cncc1Cl)c1ccc(OCc2ccccc2)c(OC(F)F)c1. The van der Waals surface area contributed by atoms with Crippen LogP contribution in [0.2, 0.25) is 10.0 Å². The Balaban J connectivity index is 1.81. The first-order valence-corrected chi connectivity index (χ1v) is 9.05. The minimum Gasteiger partial charge on any atom is -0.485 e. The number of benzene rings is 2. The van der Waals surface area contributed by atoms with E-state index in [0.29, 0.717) is 0 Å². The number of aromatic nitrogens is 1. The summed E-state index contributed by atoms with van der Waals surface area (Å²) >= 11 is 12.0. The van der Waals surface area contributed by atoms with Gasteiger partial charge in [0.05, 0.1) is 15.7 Å². The molecule has 0 fully saturated rings. The van der Waals surface area contributed by atoms with Crippen molar-refractivity contribution in [1.82, 2.24) is 4.98 Å². The van der Waals surface area contributed by atoms with E-state index in [2.05, 4.69) is 15.0 Å². The molecule has 1 heterocycles. The molecule has 3 aromatic rings. The topological polar surface area (TPSA) is 60.5 Å². The highest BCUT2D eigenvalue weighted by molar-refractivity contribution is 6.39. The zero-order valence-electron chi connectivity index (χ0n) is 14.7. The third-order valence-electron chi connectivity index (χ3n) is 3.75. The van der Waals surface area contributed by atoms with Crippen LogP contribution in [0.3, 0.4) is 0 Å². The molecular weight excluding hydrogens is 425 g/mol. The second-order valence-electron chi connectivity index (χ2n) is 5.75. The van der Waals surface area contributed by atoms with Crippen molar-refractivity contribution in [2.45, 2.75) is 13.2 Å². The summed E-state index contributed by atoms with van der Waals surface area (Å²) in [6.07, 6.45) is 2.63. The second-order valence-corrected chi connectivity index (χ2v) is 6.56. The molecule has 5 nitrogen and oxygen atoms in total. The number of anilines is 1. The highest BCUT2D eigenvalue weighted by Gasteiger charge is 2.17. The van der Waals surface area contributed by atoms with Gasteiger partial charge in [-0.1, -0.05) is 53.5 Å². The Labute approximate surface area is 175 Å². The lowest BCUT2D eigenvalue weighted by Crippen LogP contribution is -2.14. The van der Waals surface area contributed by atoms with Gasteiger partial charge in [0, 0.05) is 18.0 Å². The smallest absolute Gasteiger partial charge is 0.387 e. The summed E-state index contributed by atoms with van der Waals surface area (Å²) in [4.78, 5) is 16.3. The van der Waals surface area contributed by atoms with Gasteiger partial charge >= 0.3 is 6.61 Å². The number of halogens is 4. The van der Waals surface area contributed by atoms with Crippen LogP contribution in [0.25, 0.3) is 0 Å². The van der Waals surface area contributed by atoms with Gasteiger partial charge in [0.15, 0.2) is 11.5 Å². The van der Waals surface area contributed by atoms with Gasteiger partial charge < -0.3 is 14.8 Å². The Morgan fingerprint density at radius 2 is 1.72 bits per heavy atom. The van der Waals surface area contributed by atoms with Crippen molar-refractivity contribution >= 4 is 34.8 Å². The van der Waals surface area contributed by atoms with Gasteiger partial charge in [0.2, 0.25) is 0 Å². The zero-order valence-corrected chi connectivity index (χ0v) is 16.3. The van der Waals surface area contributed by atoms with E-state index in [4.69, 9.17) is 27.9 Å². The normalized spacial score (nSPS) is 10.7. The largest absolute Gasteiger partial charge is 0.485 e. The van der Waals surface area contributed by atoms with Crippen molar-refractivity contribution in [2.24, 2.45) is 0 Å². The molecule has 0 atom stereocenters. The lowest BCUT2D eigenvalue weighted by molar-refractivity contribution is -0.0516. The number of amides is 1. The quantitative estimate of drug-likeness (QED) is 0.504. The minimum absolute atomic E-state index is 0.0525. The molecule has 0 bridgehead atoms. The third kappa shape index (κ3) is 5.56. The van der Waals surface area contributed by atoms with Crippen LogP contribution in [0.1, 0.15) is 15.9 Å². The number of hydrogen-bond donors (Lipinski definition) is 1. The first kappa shape index (κ1) is 20.8. The monoisotopic (exact) mass is 438 g/mol. The van der Waals surface area contributed by atoms with Gasteiger partial charge in [0.1, 0.15) is 6.61 Å². The Morgan fingerprint density at radius 1 is 1.03 bits per heavy atom. The van der Waals surface area contributed by atoms with Crippen molar-refractivity contribution < 1.29 is 23.0 Å². The number of carbonyl (C=O) groups is 1. The minimum atomic E-state index is -3.09. The van der Waals surface area contributed by atoms with E-state index in [9.17, 15) is 13.6 Å². The molecule has 1 amide bonds. The summed E-state index contributed by atoms with van der Waals surface area (Å²) < 4.78 is 35.8. The van der Waals surface area contributed by atoms with E-state index in [-0.39, 0.29) is 39.4 Å². The van der Waals surface area contributed by atoms with Gasteiger partial charge in [-0.3, -0.25) is 9.78 Å². The Hall–Kier alpha value is -2.90. The molecular formula is C20H14Cl2F2N2O3. The van der Waals surface area contributed by atoms with Crippen LogP contribution in [-0.2, 0) is 6.61 Å². The molecule has 0 saturated carbocycles. The van der Waals surface area contributed by atoms with Crippen LogP contribution < -0.4 is 14.8 Å². The van der Waals surface area contributed by atoms with E-state index in [1.54, 1.807) is 0 Å². The summed E-state index contributed by atoms with van der Waals surface area (Å²) in [5.41, 5.74) is 1.06. The van der Waals surface area contributed by atoms with E-state index in [1.807, 2.05) is 30.3 Å². The molecule has 9 heteroatoms. The molecule has 0 saturated heterocycles. The predicted molar refractivity (Wildman–Crippen MR) is 106 cm³/mol.